The van der Waals surface area contributed by atoms with Gasteiger partial charge in [0.05, 0.1) is 11.1 Å². The largest absolute Gasteiger partial charge is 0.418 e. The number of para-hydroxylation sites is 1. The van der Waals surface area contributed by atoms with Crippen LogP contribution in [0.25, 0.3) is 44.5 Å². The average molecular weight is 529 g/mol. The number of fused-ring (bicyclic) bond motifs is 2. The van der Waals surface area contributed by atoms with Gasteiger partial charge in [-0.1, -0.05) is 42.5 Å². The van der Waals surface area contributed by atoms with Gasteiger partial charge in [-0.05, 0) is 66.0 Å². The third-order valence-corrected chi connectivity index (χ3v) is 8.08. The van der Waals surface area contributed by atoms with E-state index in [4.69, 9.17) is 0 Å². The number of benzene rings is 3. The molecule has 2 aromatic heterocycles. The lowest BCUT2D eigenvalue weighted by atomic mass is 10.0. The Kier molecular flexibility index (Phi) is 5.54. The molecule has 198 valence electrons. The Hall–Kier alpha value is -4.07. The van der Waals surface area contributed by atoms with Crippen LogP contribution in [0.15, 0.2) is 72.9 Å². The van der Waals surface area contributed by atoms with Gasteiger partial charge in [-0.15, -0.1) is 0 Å². The highest BCUT2D eigenvalue weighted by Gasteiger charge is 2.38. The molecule has 3 aromatic carbocycles. The molecule has 5 aromatic rings. The molecule has 2 fully saturated rings. The lowest BCUT2D eigenvalue weighted by Crippen LogP contribution is -2.30. The molecule has 1 aliphatic heterocycles. The number of H-pyrrole nitrogens is 1. The summed E-state index contributed by atoms with van der Waals surface area (Å²) in [7, 11) is 0. The molecule has 1 saturated heterocycles. The fraction of sp³-hybridized carbons (Fsp3) is 0.290. The predicted octanol–water partition coefficient (Wildman–Crippen LogP) is 7.13. The minimum Gasteiger partial charge on any atom is -0.361 e. The van der Waals surface area contributed by atoms with Crippen LogP contribution in [-0.4, -0.2) is 38.4 Å². The van der Waals surface area contributed by atoms with Crippen LogP contribution in [0.5, 0.6) is 0 Å². The van der Waals surface area contributed by atoms with E-state index in [2.05, 4.69) is 28.2 Å². The molecule has 1 atom stereocenters. The smallest absolute Gasteiger partial charge is 0.361 e. The SMILES string of the molecule is O=C(C1CC1)N1CC[C@@H](Cn2c(-c3ccc(-c4ccc5cc[nH]c5c4)cc3)nc3c(C(F)(F)F)cccc32)C1. The molecule has 0 bridgehead atoms. The third kappa shape index (κ3) is 4.37. The van der Waals surface area contributed by atoms with Crippen molar-refractivity contribution >= 4 is 27.8 Å². The minimum absolute atomic E-state index is 0.0369. The highest BCUT2D eigenvalue weighted by atomic mass is 19.4. The summed E-state index contributed by atoms with van der Waals surface area (Å²) in [6.45, 7) is 1.84. The molecule has 2 aliphatic rings. The van der Waals surface area contributed by atoms with E-state index in [0.29, 0.717) is 31.0 Å². The molecule has 0 radical (unpaired) electrons. The van der Waals surface area contributed by atoms with Gasteiger partial charge in [-0.25, -0.2) is 4.98 Å². The van der Waals surface area contributed by atoms with E-state index in [1.54, 1.807) is 6.07 Å². The van der Waals surface area contributed by atoms with Gasteiger partial charge >= 0.3 is 6.18 Å². The molecule has 0 unspecified atom stereocenters. The van der Waals surface area contributed by atoms with Gasteiger partial charge in [0, 0.05) is 42.8 Å². The predicted molar refractivity (Wildman–Crippen MR) is 145 cm³/mol. The number of hydrogen-bond donors (Lipinski definition) is 1. The van der Waals surface area contributed by atoms with Gasteiger partial charge in [0.25, 0.3) is 0 Å². The number of carbonyl (C=O) groups is 1. The fourth-order valence-corrected chi connectivity index (χ4v) is 5.85. The van der Waals surface area contributed by atoms with Crippen molar-refractivity contribution in [2.75, 3.05) is 13.1 Å². The maximum absolute atomic E-state index is 13.9. The van der Waals surface area contributed by atoms with Gasteiger partial charge < -0.3 is 14.5 Å². The van der Waals surface area contributed by atoms with E-state index in [-0.39, 0.29) is 23.3 Å². The second-order valence-corrected chi connectivity index (χ2v) is 10.8. The van der Waals surface area contributed by atoms with Crippen LogP contribution in [0, 0.1) is 11.8 Å². The van der Waals surface area contributed by atoms with Crippen molar-refractivity contribution in [2.24, 2.45) is 11.8 Å². The topological polar surface area (TPSA) is 53.9 Å². The molecule has 3 heterocycles. The van der Waals surface area contributed by atoms with Crippen molar-refractivity contribution in [1.82, 2.24) is 19.4 Å². The summed E-state index contributed by atoms with van der Waals surface area (Å²) < 4.78 is 43.7. The number of nitrogens with zero attached hydrogens (tertiary/aromatic N) is 3. The van der Waals surface area contributed by atoms with Crippen LogP contribution in [0.2, 0.25) is 0 Å². The summed E-state index contributed by atoms with van der Waals surface area (Å²) >= 11 is 0. The number of aromatic nitrogens is 3. The molecule has 1 amide bonds. The third-order valence-electron chi connectivity index (χ3n) is 8.08. The zero-order chi connectivity index (χ0) is 26.7. The van der Waals surface area contributed by atoms with Crippen molar-refractivity contribution in [2.45, 2.75) is 32.0 Å². The lowest BCUT2D eigenvalue weighted by molar-refractivity contribution is -0.136. The molecule has 8 heteroatoms. The molecule has 1 N–H and O–H groups in total. The number of hydrogen-bond acceptors (Lipinski definition) is 2. The van der Waals surface area contributed by atoms with Crippen LogP contribution >= 0.6 is 0 Å². The molecular weight excluding hydrogens is 501 g/mol. The van der Waals surface area contributed by atoms with Gasteiger partial charge in [0.2, 0.25) is 5.91 Å². The first-order valence-corrected chi connectivity index (χ1v) is 13.4. The van der Waals surface area contributed by atoms with E-state index < -0.39 is 11.7 Å². The van der Waals surface area contributed by atoms with Crippen LogP contribution in [-0.2, 0) is 17.5 Å². The second kappa shape index (κ2) is 9.00. The molecule has 1 aliphatic carbocycles. The van der Waals surface area contributed by atoms with E-state index in [1.807, 2.05) is 46.0 Å². The zero-order valence-corrected chi connectivity index (χ0v) is 21.2. The van der Waals surface area contributed by atoms with Gasteiger partial charge in [-0.3, -0.25) is 4.79 Å². The van der Waals surface area contributed by atoms with E-state index in [1.165, 1.54) is 6.07 Å². The number of amides is 1. The summed E-state index contributed by atoms with van der Waals surface area (Å²) in [4.78, 5) is 22.3. The van der Waals surface area contributed by atoms with Crippen LogP contribution < -0.4 is 0 Å². The number of nitrogens with one attached hydrogen (secondary N) is 1. The quantitative estimate of drug-likeness (QED) is 0.264. The Labute approximate surface area is 223 Å². The highest BCUT2D eigenvalue weighted by molar-refractivity contribution is 5.86. The minimum atomic E-state index is -4.50. The van der Waals surface area contributed by atoms with Gasteiger partial charge in [0.1, 0.15) is 11.3 Å². The Morgan fingerprint density at radius 3 is 2.49 bits per heavy atom. The summed E-state index contributed by atoms with van der Waals surface area (Å²) in [5.41, 5.74) is 3.57. The molecular formula is C31H27F3N4O. The Morgan fingerprint density at radius 2 is 1.72 bits per heavy atom. The van der Waals surface area contributed by atoms with Crippen molar-refractivity contribution in [3.05, 3.63) is 78.5 Å². The number of halogens is 3. The first kappa shape index (κ1) is 24.0. The lowest BCUT2D eigenvalue weighted by Gasteiger charge is -2.18. The standard InChI is InChI=1S/C31H27F3N4O/c32-31(33,34)25-2-1-3-27-28(25)36-29(38(27)18-19-13-15-37(17-19)30(39)23-9-10-23)22-7-4-20(5-8-22)24-11-6-21-12-14-35-26(21)16-24/h1-8,11-12,14,16,19,23,35H,9-10,13,15,17-18H2/t19-/m1/s1. The van der Waals surface area contributed by atoms with Crippen molar-refractivity contribution in [3.8, 4) is 22.5 Å². The molecule has 7 rings (SSSR count). The number of alkyl halides is 3. The Bertz CT molecular complexity index is 1690. The van der Waals surface area contributed by atoms with Crippen LogP contribution in [0.1, 0.15) is 24.8 Å². The van der Waals surface area contributed by atoms with E-state index in [9.17, 15) is 18.0 Å². The monoisotopic (exact) mass is 528 g/mol. The summed E-state index contributed by atoms with van der Waals surface area (Å²) in [6.07, 6.45) is 0.160. The van der Waals surface area contributed by atoms with Crippen molar-refractivity contribution in [3.63, 3.8) is 0 Å². The van der Waals surface area contributed by atoms with Crippen molar-refractivity contribution in [1.29, 1.82) is 0 Å². The summed E-state index contributed by atoms with van der Waals surface area (Å²) in [5.74, 6) is 1.06. The first-order valence-electron chi connectivity index (χ1n) is 13.4. The molecule has 0 spiro atoms. The summed E-state index contributed by atoms with van der Waals surface area (Å²) in [5, 5.41) is 1.13. The number of likely N-dealkylation sites (tertiary alicyclic amines) is 1. The Balaban J connectivity index is 1.26. The highest BCUT2D eigenvalue weighted by Crippen LogP contribution is 2.38. The van der Waals surface area contributed by atoms with E-state index in [0.717, 1.165) is 52.9 Å². The maximum atomic E-state index is 13.9. The Morgan fingerprint density at radius 1 is 0.949 bits per heavy atom. The normalized spacial score (nSPS) is 17.9. The number of carbonyl (C=O) groups excluding carboxylic acids is 1. The maximum Gasteiger partial charge on any atom is 0.418 e. The first-order chi connectivity index (χ1) is 18.8. The van der Waals surface area contributed by atoms with Gasteiger partial charge in [-0.2, -0.15) is 13.2 Å². The van der Waals surface area contributed by atoms with E-state index >= 15 is 0 Å². The number of imidazole rings is 1. The average Bonchev–Trinajstić information content (AvgIpc) is 3.32. The van der Waals surface area contributed by atoms with Gasteiger partial charge in [0.15, 0.2) is 0 Å². The number of rotatable bonds is 5. The second-order valence-electron chi connectivity index (χ2n) is 10.8. The van der Waals surface area contributed by atoms with Crippen LogP contribution in [0.4, 0.5) is 13.2 Å². The van der Waals surface area contributed by atoms with Crippen molar-refractivity contribution < 1.29 is 18.0 Å². The summed E-state index contributed by atoms with van der Waals surface area (Å²) in [6, 6.07) is 20.3. The fourth-order valence-electron chi connectivity index (χ4n) is 5.85. The van der Waals surface area contributed by atoms with Crippen LogP contribution in [0.3, 0.4) is 0 Å². The zero-order valence-electron chi connectivity index (χ0n) is 21.2. The molecule has 5 nitrogen and oxygen atoms in total. The molecule has 1 saturated carbocycles. The number of aromatic amines is 1. The molecule has 39 heavy (non-hydrogen) atoms.